The summed E-state index contributed by atoms with van der Waals surface area (Å²) in [6, 6.07) is 10.3. The fourth-order valence-corrected chi connectivity index (χ4v) is 1.82. The van der Waals surface area contributed by atoms with Gasteiger partial charge < -0.3 is 4.74 Å². The number of ether oxygens (including phenoxy) is 1. The van der Waals surface area contributed by atoms with Gasteiger partial charge in [0, 0.05) is 5.33 Å². The van der Waals surface area contributed by atoms with Gasteiger partial charge in [-0.05, 0) is 17.6 Å². The summed E-state index contributed by atoms with van der Waals surface area (Å²) in [6.45, 7) is 3.53. The summed E-state index contributed by atoms with van der Waals surface area (Å²) >= 11 is 3.49. The first-order valence-corrected chi connectivity index (χ1v) is 7.51. The summed E-state index contributed by atoms with van der Waals surface area (Å²) in [4.78, 5) is 0. The van der Waals surface area contributed by atoms with E-state index in [-0.39, 0.29) is 0 Å². The van der Waals surface area contributed by atoms with Crippen molar-refractivity contribution in [3.63, 3.8) is 0 Å². The molecule has 1 aromatic carbocycles. The van der Waals surface area contributed by atoms with E-state index in [2.05, 4.69) is 53.2 Å². The van der Waals surface area contributed by atoms with Gasteiger partial charge in [-0.3, -0.25) is 0 Å². The van der Waals surface area contributed by atoms with E-state index in [4.69, 9.17) is 4.74 Å². The fourth-order valence-electron chi connectivity index (χ4n) is 1.47. The summed E-state index contributed by atoms with van der Waals surface area (Å²) in [5.74, 6) is 0. The third-order valence-electron chi connectivity index (χ3n) is 2.49. The lowest BCUT2D eigenvalue weighted by Crippen LogP contribution is -1.99. The molecule has 0 radical (unpaired) electrons. The summed E-state index contributed by atoms with van der Waals surface area (Å²) in [6.07, 6.45) is 8.77. The molecule has 0 saturated heterocycles. The monoisotopic (exact) mass is 308 g/mol. The van der Waals surface area contributed by atoms with Gasteiger partial charge in [-0.25, -0.2) is 0 Å². The highest BCUT2D eigenvalue weighted by molar-refractivity contribution is 9.09. The van der Waals surface area contributed by atoms with Crippen molar-refractivity contribution < 1.29 is 4.74 Å². The Labute approximate surface area is 119 Å². The van der Waals surface area contributed by atoms with E-state index in [0.29, 0.717) is 13.2 Å². The number of allylic oxidation sites excluding steroid dienone is 3. The molecule has 1 aromatic rings. The molecule has 2 heteroatoms. The first kappa shape index (κ1) is 15.2. The number of hydrogen-bond donors (Lipinski definition) is 0. The summed E-state index contributed by atoms with van der Waals surface area (Å²) in [5.41, 5.74) is 2.48. The van der Waals surface area contributed by atoms with E-state index < -0.39 is 0 Å². The lowest BCUT2D eigenvalue weighted by Gasteiger charge is -2.05. The Kier molecular flexibility index (Phi) is 8.53. The van der Waals surface area contributed by atoms with Crippen LogP contribution in [0.5, 0.6) is 0 Å². The van der Waals surface area contributed by atoms with E-state index in [1.165, 1.54) is 17.6 Å². The number of rotatable bonds is 8. The van der Waals surface area contributed by atoms with E-state index in [1.807, 2.05) is 18.2 Å². The van der Waals surface area contributed by atoms with Crippen LogP contribution in [0.25, 0.3) is 0 Å². The number of unbranched alkanes of at least 4 members (excludes halogenated alkanes) is 1. The molecular formula is C16H21BrO. The molecule has 0 atom stereocenters. The zero-order valence-corrected chi connectivity index (χ0v) is 12.5. The molecule has 0 fully saturated rings. The molecule has 1 rings (SSSR count). The van der Waals surface area contributed by atoms with Crippen LogP contribution < -0.4 is 0 Å². The van der Waals surface area contributed by atoms with Gasteiger partial charge in [0.2, 0.25) is 0 Å². The molecule has 98 valence electrons. The zero-order chi connectivity index (χ0) is 13.1. The molecule has 0 bridgehead atoms. The van der Waals surface area contributed by atoms with E-state index in [9.17, 15) is 0 Å². The molecule has 18 heavy (non-hydrogen) atoms. The molecule has 0 amide bonds. The first-order chi connectivity index (χ1) is 8.86. The molecule has 1 nitrogen and oxygen atoms in total. The average Bonchev–Trinajstić information content (AvgIpc) is 2.42. The van der Waals surface area contributed by atoms with Gasteiger partial charge in [0.05, 0.1) is 13.2 Å². The van der Waals surface area contributed by atoms with Gasteiger partial charge in [-0.2, -0.15) is 0 Å². The van der Waals surface area contributed by atoms with Crippen LogP contribution in [0, 0.1) is 0 Å². The van der Waals surface area contributed by atoms with Crippen molar-refractivity contribution in [2.45, 2.75) is 26.4 Å². The number of alkyl halides is 1. The van der Waals surface area contributed by atoms with Gasteiger partial charge in [0.15, 0.2) is 0 Å². The second kappa shape index (κ2) is 10.1. The van der Waals surface area contributed by atoms with Crippen LogP contribution in [-0.4, -0.2) is 11.9 Å². The topological polar surface area (TPSA) is 9.23 Å². The predicted molar refractivity (Wildman–Crippen MR) is 82.0 cm³/mol. The maximum absolute atomic E-state index is 5.70. The quantitative estimate of drug-likeness (QED) is 0.491. The van der Waals surface area contributed by atoms with Crippen molar-refractivity contribution in [3.05, 3.63) is 59.7 Å². The molecule has 0 aromatic heterocycles. The van der Waals surface area contributed by atoms with Crippen LogP contribution in [0.2, 0.25) is 0 Å². The van der Waals surface area contributed by atoms with Crippen LogP contribution in [-0.2, 0) is 11.3 Å². The lowest BCUT2D eigenvalue weighted by atomic mass is 10.2. The Morgan fingerprint density at radius 1 is 1.28 bits per heavy atom. The van der Waals surface area contributed by atoms with E-state index in [1.54, 1.807) is 0 Å². The van der Waals surface area contributed by atoms with Crippen molar-refractivity contribution in [2.24, 2.45) is 0 Å². The van der Waals surface area contributed by atoms with Gasteiger partial charge in [-0.15, -0.1) is 0 Å². The fraction of sp³-hybridized carbons (Fsp3) is 0.375. The van der Waals surface area contributed by atoms with Crippen molar-refractivity contribution in [3.8, 4) is 0 Å². The Balaban J connectivity index is 2.31. The van der Waals surface area contributed by atoms with Crippen LogP contribution >= 0.6 is 15.9 Å². The minimum absolute atomic E-state index is 0.670. The maximum Gasteiger partial charge on any atom is 0.0721 e. The first-order valence-electron chi connectivity index (χ1n) is 6.39. The van der Waals surface area contributed by atoms with Gasteiger partial charge in [-0.1, -0.05) is 77.8 Å². The zero-order valence-electron chi connectivity index (χ0n) is 10.9. The highest BCUT2D eigenvalue weighted by atomic mass is 79.9. The van der Waals surface area contributed by atoms with Gasteiger partial charge >= 0.3 is 0 Å². The maximum atomic E-state index is 5.70. The predicted octanol–water partition coefficient (Wildman–Crippen LogP) is 4.88. The Morgan fingerprint density at radius 2 is 2.06 bits per heavy atom. The average molecular weight is 309 g/mol. The number of halogens is 1. The molecule has 0 aliphatic rings. The Morgan fingerprint density at radius 3 is 2.72 bits per heavy atom. The number of benzene rings is 1. The molecule has 0 aliphatic heterocycles. The van der Waals surface area contributed by atoms with Crippen molar-refractivity contribution in [1.29, 1.82) is 0 Å². The molecule has 0 aliphatic carbocycles. The van der Waals surface area contributed by atoms with Gasteiger partial charge in [0.25, 0.3) is 0 Å². The highest BCUT2D eigenvalue weighted by Gasteiger charge is 1.96. The normalized spacial score (nSPS) is 12.2. The minimum atomic E-state index is 0.670. The largest absolute Gasteiger partial charge is 0.372 e. The third-order valence-corrected chi connectivity index (χ3v) is 3.21. The SMILES string of the molecule is CCC/C=C\C=C(/CBr)COCc1ccccc1. The lowest BCUT2D eigenvalue weighted by molar-refractivity contribution is 0.143. The second-order valence-corrected chi connectivity index (χ2v) is 4.71. The second-order valence-electron chi connectivity index (χ2n) is 4.15. The summed E-state index contributed by atoms with van der Waals surface area (Å²) in [7, 11) is 0. The van der Waals surface area contributed by atoms with Crippen LogP contribution in [0.3, 0.4) is 0 Å². The molecular weight excluding hydrogens is 288 g/mol. The summed E-state index contributed by atoms with van der Waals surface area (Å²) < 4.78 is 5.70. The minimum Gasteiger partial charge on any atom is -0.372 e. The van der Waals surface area contributed by atoms with Crippen LogP contribution in [0.1, 0.15) is 25.3 Å². The van der Waals surface area contributed by atoms with E-state index >= 15 is 0 Å². The van der Waals surface area contributed by atoms with Crippen molar-refractivity contribution in [1.82, 2.24) is 0 Å². The Hall–Kier alpha value is -0.860. The standard InChI is InChI=1S/C16H21BrO/c1-2-3-4-6-11-16(12-17)14-18-13-15-9-7-5-8-10-15/h4-11H,2-3,12-14H2,1H3/b6-4-,16-11+. The van der Waals surface area contributed by atoms with Crippen molar-refractivity contribution >= 4 is 15.9 Å². The highest BCUT2D eigenvalue weighted by Crippen LogP contribution is 2.05. The molecule has 0 unspecified atom stereocenters. The third kappa shape index (κ3) is 6.77. The van der Waals surface area contributed by atoms with Gasteiger partial charge in [0.1, 0.15) is 0 Å². The van der Waals surface area contributed by atoms with Crippen LogP contribution in [0.4, 0.5) is 0 Å². The molecule has 0 spiro atoms. The molecule has 0 heterocycles. The van der Waals surface area contributed by atoms with Crippen molar-refractivity contribution in [2.75, 3.05) is 11.9 Å². The smallest absolute Gasteiger partial charge is 0.0721 e. The van der Waals surface area contributed by atoms with E-state index in [0.717, 1.165) is 11.8 Å². The van der Waals surface area contributed by atoms with Crippen LogP contribution in [0.15, 0.2) is 54.1 Å². The number of hydrogen-bond acceptors (Lipinski definition) is 1. The summed E-state index contributed by atoms with van der Waals surface area (Å²) in [5, 5.41) is 0.859. The Bertz CT molecular complexity index is 368. The molecule has 0 saturated carbocycles. The molecule has 0 N–H and O–H groups in total.